The van der Waals surface area contributed by atoms with Crippen LogP contribution in [0.15, 0.2) is 24.3 Å². The first-order chi connectivity index (χ1) is 9.95. The molecule has 0 radical (unpaired) electrons. The third kappa shape index (κ3) is 2.61. The van der Waals surface area contributed by atoms with Crippen molar-refractivity contribution in [1.82, 2.24) is 15.0 Å². The zero-order chi connectivity index (χ0) is 15.0. The summed E-state index contributed by atoms with van der Waals surface area (Å²) in [7, 11) is 0. The number of allylic oxidation sites excluding steroid dienone is 2. The second-order valence-corrected chi connectivity index (χ2v) is 6.30. The van der Waals surface area contributed by atoms with E-state index in [1.807, 2.05) is 18.2 Å². The number of hydrogen-bond acceptors (Lipinski definition) is 3. The van der Waals surface area contributed by atoms with Crippen LogP contribution in [-0.2, 0) is 5.41 Å². The fraction of sp³-hybridized carbons (Fsp3) is 0.294. The smallest absolute Gasteiger partial charge is 0.142 e. The summed E-state index contributed by atoms with van der Waals surface area (Å²) in [4.78, 5) is 12.5. The molecule has 0 saturated carbocycles. The van der Waals surface area contributed by atoms with Crippen molar-refractivity contribution in [2.24, 2.45) is 0 Å². The third-order valence-corrected chi connectivity index (χ3v) is 3.54. The van der Waals surface area contributed by atoms with Gasteiger partial charge in [0.05, 0.1) is 17.0 Å². The van der Waals surface area contributed by atoms with Gasteiger partial charge >= 0.3 is 0 Å². The van der Waals surface area contributed by atoms with Crippen LogP contribution >= 0.6 is 0 Å². The predicted octanol–water partition coefficient (Wildman–Crippen LogP) is 3.78. The van der Waals surface area contributed by atoms with Crippen molar-refractivity contribution >= 4 is 18.0 Å². The summed E-state index contributed by atoms with van der Waals surface area (Å²) in [6.45, 7) is 6.37. The molecular formula is C17H20N4. The van der Waals surface area contributed by atoms with Gasteiger partial charge in [0.25, 0.3) is 0 Å². The molecule has 108 valence electrons. The summed E-state index contributed by atoms with van der Waals surface area (Å²) in [6, 6.07) is 4.01. The van der Waals surface area contributed by atoms with Crippen LogP contribution in [-0.4, -0.2) is 15.0 Å². The van der Waals surface area contributed by atoms with Gasteiger partial charge < -0.3 is 10.7 Å². The summed E-state index contributed by atoms with van der Waals surface area (Å²) >= 11 is 0. The molecule has 0 aliphatic heterocycles. The minimum atomic E-state index is -0.0154. The first kappa shape index (κ1) is 13.6. The number of aromatic nitrogens is 3. The SMILES string of the molecule is CC(C)(C)c1ccc(-c2nc3c([nH]2)C=CCC=C3)c(N)n1. The van der Waals surface area contributed by atoms with E-state index >= 15 is 0 Å². The van der Waals surface area contributed by atoms with Crippen LogP contribution in [0.3, 0.4) is 0 Å². The van der Waals surface area contributed by atoms with E-state index in [2.05, 4.69) is 54.0 Å². The molecule has 2 heterocycles. The number of nitrogens with two attached hydrogens (primary N) is 1. The highest BCUT2D eigenvalue weighted by atomic mass is 15.0. The van der Waals surface area contributed by atoms with Crippen LogP contribution in [0.5, 0.6) is 0 Å². The molecule has 0 amide bonds. The molecule has 0 saturated heterocycles. The van der Waals surface area contributed by atoms with E-state index < -0.39 is 0 Å². The molecule has 4 heteroatoms. The maximum Gasteiger partial charge on any atom is 0.142 e. The monoisotopic (exact) mass is 280 g/mol. The highest BCUT2D eigenvalue weighted by molar-refractivity contribution is 5.73. The number of aromatic amines is 1. The minimum absolute atomic E-state index is 0.0154. The lowest BCUT2D eigenvalue weighted by Gasteiger charge is -2.18. The van der Waals surface area contributed by atoms with Crippen molar-refractivity contribution in [3.63, 3.8) is 0 Å². The van der Waals surface area contributed by atoms with Crippen LogP contribution in [0, 0.1) is 0 Å². The number of hydrogen-bond donors (Lipinski definition) is 2. The molecule has 0 fully saturated rings. The Balaban J connectivity index is 2.04. The van der Waals surface area contributed by atoms with Crippen LogP contribution in [0.1, 0.15) is 44.3 Å². The highest BCUT2D eigenvalue weighted by Gasteiger charge is 2.18. The zero-order valence-electron chi connectivity index (χ0n) is 12.6. The van der Waals surface area contributed by atoms with Crippen molar-refractivity contribution in [1.29, 1.82) is 0 Å². The average Bonchev–Trinajstić information content (AvgIpc) is 2.68. The molecule has 3 rings (SSSR count). The standard InChI is InChI=1S/C17H20N4/c1-17(2,3)14-10-9-11(15(18)21-14)16-19-12-7-5-4-6-8-13(12)20-16/h5-10H,4H2,1-3H3,(H2,18,21)(H,19,20). The summed E-state index contributed by atoms with van der Waals surface area (Å²) < 4.78 is 0. The number of fused-ring (bicyclic) bond motifs is 1. The van der Waals surface area contributed by atoms with E-state index in [0.29, 0.717) is 5.82 Å². The van der Waals surface area contributed by atoms with Crippen molar-refractivity contribution < 1.29 is 0 Å². The van der Waals surface area contributed by atoms with Gasteiger partial charge in [0.1, 0.15) is 11.6 Å². The van der Waals surface area contributed by atoms with Gasteiger partial charge in [-0.05, 0) is 30.7 Å². The Bertz CT molecular complexity index is 700. The Morgan fingerprint density at radius 2 is 1.86 bits per heavy atom. The van der Waals surface area contributed by atoms with Gasteiger partial charge in [0.15, 0.2) is 0 Å². The van der Waals surface area contributed by atoms with Crippen LogP contribution in [0.25, 0.3) is 23.5 Å². The molecular weight excluding hydrogens is 260 g/mol. The van der Waals surface area contributed by atoms with Crippen LogP contribution < -0.4 is 5.73 Å². The molecule has 0 unspecified atom stereocenters. The lowest BCUT2D eigenvalue weighted by molar-refractivity contribution is 0.570. The Morgan fingerprint density at radius 3 is 2.57 bits per heavy atom. The van der Waals surface area contributed by atoms with Crippen LogP contribution in [0.2, 0.25) is 0 Å². The van der Waals surface area contributed by atoms with Crippen molar-refractivity contribution in [3.05, 3.63) is 41.4 Å². The van der Waals surface area contributed by atoms with E-state index in [-0.39, 0.29) is 5.41 Å². The third-order valence-electron chi connectivity index (χ3n) is 3.54. The molecule has 0 atom stereocenters. The Kier molecular flexibility index (Phi) is 3.16. The number of anilines is 1. The molecule has 0 aromatic carbocycles. The van der Waals surface area contributed by atoms with Crippen molar-refractivity contribution in [3.8, 4) is 11.4 Å². The number of imidazole rings is 1. The van der Waals surface area contributed by atoms with Gasteiger partial charge in [-0.1, -0.05) is 32.9 Å². The highest BCUT2D eigenvalue weighted by Crippen LogP contribution is 2.28. The fourth-order valence-corrected chi connectivity index (χ4v) is 2.32. The molecule has 21 heavy (non-hydrogen) atoms. The maximum atomic E-state index is 6.13. The Hall–Kier alpha value is -2.36. The average molecular weight is 280 g/mol. The van der Waals surface area contributed by atoms with Gasteiger partial charge in [-0.15, -0.1) is 0 Å². The molecule has 1 aliphatic carbocycles. The van der Waals surface area contributed by atoms with E-state index in [0.717, 1.165) is 34.9 Å². The summed E-state index contributed by atoms with van der Waals surface area (Å²) in [5, 5.41) is 0. The van der Waals surface area contributed by atoms with E-state index in [1.54, 1.807) is 0 Å². The predicted molar refractivity (Wildman–Crippen MR) is 87.6 cm³/mol. The van der Waals surface area contributed by atoms with Crippen LogP contribution in [0.4, 0.5) is 5.82 Å². The first-order valence-electron chi connectivity index (χ1n) is 7.15. The van der Waals surface area contributed by atoms with Gasteiger partial charge in [-0.25, -0.2) is 9.97 Å². The van der Waals surface area contributed by atoms with Gasteiger partial charge in [-0.3, -0.25) is 0 Å². The molecule has 2 aromatic rings. The number of pyridine rings is 1. The second kappa shape index (κ2) is 4.88. The van der Waals surface area contributed by atoms with Crippen molar-refractivity contribution in [2.45, 2.75) is 32.6 Å². The summed E-state index contributed by atoms with van der Waals surface area (Å²) in [5.41, 5.74) is 9.90. The lowest BCUT2D eigenvalue weighted by atomic mass is 9.91. The molecule has 0 spiro atoms. The Morgan fingerprint density at radius 1 is 1.10 bits per heavy atom. The summed E-state index contributed by atoms with van der Waals surface area (Å²) in [6.07, 6.45) is 9.22. The Labute approximate surface area is 124 Å². The molecule has 2 aromatic heterocycles. The van der Waals surface area contributed by atoms with E-state index in [9.17, 15) is 0 Å². The number of H-pyrrole nitrogens is 1. The first-order valence-corrected chi connectivity index (χ1v) is 7.15. The molecule has 4 nitrogen and oxygen atoms in total. The van der Waals surface area contributed by atoms with Gasteiger partial charge in [0, 0.05) is 11.1 Å². The normalized spacial score (nSPS) is 14.0. The maximum absolute atomic E-state index is 6.13. The van der Waals surface area contributed by atoms with Crippen molar-refractivity contribution in [2.75, 3.05) is 5.73 Å². The molecule has 0 bridgehead atoms. The second-order valence-electron chi connectivity index (χ2n) is 6.30. The topological polar surface area (TPSA) is 67.6 Å². The summed E-state index contributed by atoms with van der Waals surface area (Å²) in [5.74, 6) is 1.28. The quantitative estimate of drug-likeness (QED) is 0.835. The molecule has 1 aliphatic rings. The fourth-order valence-electron chi connectivity index (χ4n) is 2.32. The van der Waals surface area contributed by atoms with E-state index in [4.69, 9.17) is 5.73 Å². The lowest BCUT2D eigenvalue weighted by Crippen LogP contribution is -2.14. The minimum Gasteiger partial charge on any atom is -0.383 e. The van der Waals surface area contributed by atoms with Gasteiger partial charge in [0.2, 0.25) is 0 Å². The largest absolute Gasteiger partial charge is 0.383 e. The number of nitrogens with one attached hydrogen (secondary N) is 1. The van der Waals surface area contributed by atoms with E-state index in [1.165, 1.54) is 0 Å². The molecule has 3 N–H and O–H groups in total. The number of nitrogens with zero attached hydrogens (tertiary/aromatic N) is 2. The van der Waals surface area contributed by atoms with Gasteiger partial charge in [-0.2, -0.15) is 0 Å². The number of rotatable bonds is 1. The number of nitrogen functional groups attached to an aromatic ring is 1. The zero-order valence-corrected chi connectivity index (χ0v) is 12.6.